The molecule has 5 rings (SSSR count). The summed E-state index contributed by atoms with van der Waals surface area (Å²) in [5.41, 5.74) is 13.5. The number of halogens is 1. The number of nitrogens with zero attached hydrogens (tertiary/aromatic N) is 2. The SMILES string of the molecule is Clc1ccc(SC(C=CNNC2=NC(c3ccccc3)C(c3ccccc3)=NN2)c2ccccc2)cc1. The van der Waals surface area contributed by atoms with E-state index in [4.69, 9.17) is 16.6 Å². The zero-order valence-electron chi connectivity index (χ0n) is 20.0. The van der Waals surface area contributed by atoms with Crippen LogP contribution in [0.15, 0.2) is 143 Å². The van der Waals surface area contributed by atoms with Gasteiger partial charge in [-0.3, -0.25) is 5.43 Å². The summed E-state index contributed by atoms with van der Waals surface area (Å²) in [4.78, 5) is 6.05. The van der Waals surface area contributed by atoms with Gasteiger partial charge in [-0.1, -0.05) is 103 Å². The molecule has 37 heavy (non-hydrogen) atoms. The van der Waals surface area contributed by atoms with Crippen LogP contribution in [0.2, 0.25) is 5.02 Å². The normalized spacial score (nSPS) is 15.9. The van der Waals surface area contributed by atoms with Gasteiger partial charge in [-0.2, -0.15) is 5.10 Å². The van der Waals surface area contributed by atoms with Crippen LogP contribution in [0.5, 0.6) is 0 Å². The van der Waals surface area contributed by atoms with E-state index in [1.165, 1.54) is 5.56 Å². The van der Waals surface area contributed by atoms with Crippen LogP contribution in [-0.2, 0) is 0 Å². The molecule has 1 heterocycles. The molecular formula is C30H26ClN5S. The number of rotatable bonds is 8. The zero-order chi connectivity index (χ0) is 25.3. The molecule has 0 aliphatic carbocycles. The van der Waals surface area contributed by atoms with E-state index in [-0.39, 0.29) is 11.3 Å². The molecule has 0 aromatic heterocycles. The number of nitrogens with one attached hydrogen (secondary N) is 3. The third kappa shape index (κ3) is 6.61. The van der Waals surface area contributed by atoms with E-state index in [9.17, 15) is 0 Å². The molecule has 1 aliphatic heterocycles. The minimum absolute atomic E-state index is 0.109. The van der Waals surface area contributed by atoms with Gasteiger partial charge < -0.3 is 5.43 Å². The quantitative estimate of drug-likeness (QED) is 0.174. The Bertz CT molecular complexity index is 1370. The first-order valence-electron chi connectivity index (χ1n) is 11.9. The Kier molecular flexibility index (Phi) is 8.21. The van der Waals surface area contributed by atoms with E-state index in [2.05, 4.69) is 63.9 Å². The van der Waals surface area contributed by atoms with Gasteiger partial charge in [0.2, 0.25) is 5.96 Å². The molecule has 0 saturated carbocycles. The molecule has 0 bridgehead atoms. The molecule has 7 heteroatoms. The number of hydrazone groups is 1. The first-order chi connectivity index (χ1) is 18.3. The highest BCUT2D eigenvalue weighted by atomic mass is 35.5. The van der Waals surface area contributed by atoms with Gasteiger partial charge in [0.15, 0.2) is 0 Å². The second-order valence-electron chi connectivity index (χ2n) is 8.30. The van der Waals surface area contributed by atoms with E-state index in [0.29, 0.717) is 5.96 Å². The van der Waals surface area contributed by atoms with E-state index < -0.39 is 0 Å². The summed E-state index contributed by atoms with van der Waals surface area (Å²) in [7, 11) is 0. The molecule has 5 nitrogen and oxygen atoms in total. The highest BCUT2D eigenvalue weighted by Gasteiger charge is 2.23. The van der Waals surface area contributed by atoms with Gasteiger partial charge in [0.05, 0.1) is 11.0 Å². The van der Waals surface area contributed by atoms with Gasteiger partial charge in [-0.25, -0.2) is 10.4 Å². The van der Waals surface area contributed by atoms with Crippen LogP contribution in [-0.4, -0.2) is 11.7 Å². The second kappa shape index (κ2) is 12.3. The van der Waals surface area contributed by atoms with Crippen LogP contribution < -0.4 is 16.3 Å². The largest absolute Gasteiger partial charge is 0.306 e. The summed E-state index contributed by atoms with van der Waals surface area (Å²) in [5, 5.41) is 5.50. The highest BCUT2D eigenvalue weighted by Crippen LogP contribution is 2.36. The Morgan fingerprint density at radius 2 is 1.46 bits per heavy atom. The Balaban J connectivity index is 1.29. The smallest absolute Gasteiger partial charge is 0.232 e. The third-order valence-electron chi connectivity index (χ3n) is 5.73. The second-order valence-corrected chi connectivity index (χ2v) is 9.95. The summed E-state index contributed by atoms with van der Waals surface area (Å²) in [6.45, 7) is 0. The number of hydrogen-bond acceptors (Lipinski definition) is 6. The van der Waals surface area contributed by atoms with Crippen molar-refractivity contribution < 1.29 is 0 Å². The molecule has 0 saturated heterocycles. The summed E-state index contributed by atoms with van der Waals surface area (Å²) in [6.07, 6.45) is 4.00. The van der Waals surface area contributed by atoms with Crippen molar-refractivity contribution in [1.82, 2.24) is 16.3 Å². The van der Waals surface area contributed by atoms with Crippen LogP contribution in [0.3, 0.4) is 0 Å². The average Bonchev–Trinajstić information content (AvgIpc) is 2.97. The van der Waals surface area contributed by atoms with Gasteiger partial charge in [0.1, 0.15) is 6.04 Å². The lowest BCUT2D eigenvalue weighted by Crippen LogP contribution is -2.44. The molecule has 0 spiro atoms. The Morgan fingerprint density at radius 3 is 2.16 bits per heavy atom. The fourth-order valence-electron chi connectivity index (χ4n) is 3.92. The molecule has 0 radical (unpaired) electrons. The topological polar surface area (TPSA) is 60.8 Å². The van der Waals surface area contributed by atoms with E-state index in [1.54, 1.807) is 11.8 Å². The molecule has 0 fully saturated rings. The standard InChI is InChI=1S/C30H26ClN5S/c31-25-16-18-26(19-17-25)37-27(22-10-4-1-5-11-22)20-21-32-35-30-33-28(23-12-6-2-7-13-23)29(34-36-30)24-14-8-3-9-15-24/h1-21,27-28,32H,(H2,33,35,36). The fraction of sp³-hybridized carbons (Fsp3) is 0.0667. The Hall–Kier alpha value is -4.00. The van der Waals surface area contributed by atoms with Gasteiger partial charge in [0.25, 0.3) is 0 Å². The van der Waals surface area contributed by atoms with Gasteiger partial charge in [-0.15, -0.1) is 11.8 Å². The van der Waals surface area contributed by atoms with Gasteiger partial charge in [0, 0.05) is 21.7 Å². The van der Waals surface area contributed by atoms with Crippen molar-refractivity contribution in [3.63, 3.8) is 0 Å². The first kappa shape index (κ1) is 24.7. The molecule has 2 unspecified atom stereocenters. The van der Waals surface area contributed by atoms with Crippen molar-refractivity contribution in [2.24, 2.45) is 10.1 Å². The average molecular weight is 524 g/mol. The van der Waals surface area contributed by atoms with Crippen LogP contribution in [0, 0.1) is 0 Å². The molecule has 0 amide bonds. The van der Waals surface area contributed by atoms with E-state index in [1.807, 2.05) is 85.1 Å². The minimum Gasteiger partial charge on any atom is -0.306 e. The van der Waals surface area contributed by atoms with Crippen LogP contribution in [0.25, 0.3) is 0 Å². The number of thioether (sulfide) groups is 1. The molecule has 4 aromatic rings. The van der Waals surface area contributed by atoms with Crippen molar-refractivity contribution in [3.8, 4) is 0 Å². The van der Waals surface area contributed by atoms with Crippen molar-refractivity contribution in [2.45, 2.75) is 16.2 Å². The maximum absolute atomic E-state index is 6.07. The Labute approximate surface area is 226 Å². The van der Waals surface area contributed by atoms with Gasteiger partial charge >= 0.3 is 0 Å². The zero-order valence-corrected chi connectivity index (χ0v) is 21.5. The maximum atomic E-state index is 6.07. The molecule has 3 N–H and O–H groups in total. The van der Waals surface area contributed by atoms with Gasteiger partial charge in [-0.05, 0) is 41.5 Å². The molecular weight excluding hydrogens is 498 g/mol. The minimum atomic E-state index is -0.226. The number of aliphatic imine (C=N–C) groups is 1. The van der Waals surface area contributed by atoms with Crippen molar-refractivity contribution >= 4 is 35.0 Å². The predicted molar refractivity (Wildman–Crippen MR) is 155 cm³/mol. The number of guanidine groups is 1. The highest BCUT2D eigenvalue weighted by molar-refractivity contribution is 7.99. The monoisotopic (exact) mass is 523 g/mol. The predicted octanol–water partition coefficient (Wildman–Crippen LogP) is 6.89. The molecule has 4 aromatic carbocycles. The molecule has 2 atom stereocenters. The van der Waals surface area contributed by atoms with Crippen LogP contribution in [0.1, 0.15) is 28.0 Å². The molecule has 184 valence electrons. The van der Waals surface area contributed by atoms with Crippen LogP contribution >= 0.6 is 23.4 Å². The third-order valence-corrected chi connectivity index (χ3v) is 7.21. The summed E-state index contributed by atoms with van der Waals surface area (Å²) in [6, 6.07) is 38.4. The van der Waals surface area contributed by atoms with Crippen molar-refractivity contribution in [2.75, 3.05) is 0 Å². The maximum Gasteiger partial charge on any atom is 0.232 e. The van der Waals surface area contributed by atoms with E-state index in [0.717, 1.165) is 26.8 Å². The lowest BCUT2D eigenvalue weighted by Gasteiger charge is -2.23. The van der Waals surface area contributed by atoms with Crippen molar-refractivity contribution in [3.05, 3.63) is 149 Å². The van der Waals surface area contributed by atoms with E-state index >= 15 is 0 Å². The fourth-order valence-corrected chi connectivity index (χ4v) is 5.08. The number of benzene rings is 4. The van der Waals surface area contributed by atoms with Crippen molar-refractivity contribution in [1.29, 1.82) is 0 Å². The lowest BCUT2D eigenvalue weighted by atomic mass is 9.97. The summed E-state index contributed by atoms with van der Waals surface area (Å²) in [5.74, 6) is 0.541. The van der Waals surface area contributed by atoms with Crippen LogP contribution in [0.4, 0.5) is 0 Å². The Morgan fingerprint density at radius 1 is 0.811 bits per heavy atom. The number of hydrogen-bond donors (Lipinski definition) is 3. The first-order valence-corrected chi connectivity index (χ1v) is 13.2. The summed E-state index contributed by atoms with van der Waals surface area (Å²) < 4.78 is 0. The summed E-state index contributed by atoms with van der Waals surface area (Å²) >= 11 is 7.82. The molecule has 1 aliphatic rings. The number of hydrazine groups is 1. The lowest BCUT2D eigenvalue weighted by molar-refractivity contribution is 0.735.